The molecular weight excluding hydrogens is 300 g/mol. The third-order valence-electron chi connectivity index (χ3n) is 4.46. The van der Waals surface area contributed by atoms with Crippen LogP contribution >= 0.6 is 0 Å². The van der Waals surface area contributed by atoms with Gasteiger partial charge in [-0.15, -0.1) is 0 Å². The standard InChI is InChI=1S/C17H22O4S/c1-10-8-11(2)15(12(3)9-10)22(19)16-13(4-5-14(16)18)17-20-6-7-21-17/h8-9,13,16-17H,4-7H2,1-3H3/t13-,16?,22?/m0/s1. The second kappa shape index (κ2) is 6.22. The van der Waals surface area contributed by atoms with E-state index >= 15 is 0 Å². The number of hydrogen-bond donors (Lipinski definition) is 0. The predicted octanol–water partition coefficient (Wildman–Crippen LogP) is 2.44. The summed E-state index contributed by atoms with van der Waals surface area (Å²) >= 11 is 0. The van der Waals surface area contributed by atoms with Crippen LogP contribution < -0.4 is 0 Å². The van der Waals surface area contributed by atoms with E-state index in [4.69, 9.17) is 9.47 Å². The van der Waals surface area contributed by atoms with Gasteiger partial charge in [-0.1, -0.05) is 17.7 Å². The highest BCUT2D eigenvalue weighted by atomic mass is 32.2. The van der Waals surface area contributed by atoms with Gasteiger partial charge in [0.1, 0.15) is 11.0 Å². The number of ether oxygens (including phenoxy) is 2. The van der Waals surface area contributed by atoms with Crippen molar-refractivity contribution in [3.05, 3.63) is 28.8 Å². The van der Waals surface area contributed by atoms with E-state index in [-0.39, 0.29) is 18.0 Å². The highest BCUT2D eigenvalue weighted by molar-refractivity contribution is 7.86. The normalized spacial score (nSPS) is 27.5. The van der Waals surface area contributed by atoms with Crippen LogP contribution in [0.15, 0.2) is 17.0 Å². The molecule has 0 N–H and O–H groups in total. The first kappa shape index (κ1) is 15.8. The Bertz CT molecular complexity index is 596. The fourth-order valence-corrected chi connectivity index (χ4v) is 5.58. The molecule has 120 valence electrons. The molecule has 1 heterocycles. The Morgan fingerprint density at radius 1 is 1.09 bits per heavy atom. The minimum Gasteiger partial charge on any atom is -0.350 e. The van der Waals surface area contributed by atoms with Gasteiger partial charge in [0.25, 0.3) is 0 Å². The average molecular weight is 322 g/mol. The SMILES string of the molecule is Cc1cc(C)c(S(=O)C2C(=O)CC[C@@H]2C2OCCO2)c(C)c1. The van der Waals surface area contributed by atoms with E-state index in [1.807, 2.05) is 32.9 Å². The second-order valence-electron chi connectivity index (χ2n) is 6.22. The van der Waals surface area contributed by atoms with Crippen LogP contribution in [0.3, 0.4) is 0 Å². The molecule has 2 aliphatic rings. The fraction of sp³-hybridized carbons (Fsp3) is 0.588. The lowest BCUT2D eigenvalue weighted by Gasteiger charge is -2.24. The van der Waals surface area contributed by atoms with E-state index in [1.54, 1.807) is 0 Å². The number of ketones is 1. The first-order valence-corrected chi connectivity index (χ1v) is 8.94. The Hall–Kier alpha value is -1.04. The molecule has 5 heteroatoms. The molecule has 22 heavy (non-hydrogen) atoms. The van der Waals surface area contributed by atoms with Gasteiger partial charge in [-0.2, -0.15) is 0 Å². The van der Waals surface area contributed by atoms with Gasteiger partial charge >= 0.3 is 0 Å². The molecule has 0 bridgehead atoms. The molecule has 1 aromatic rings. The summed E-state index contributed by atoms with van der Waals surface area (Å²) in [6.07, 6.45) is 0.782. The Morgan fingerprint density at radius 3 is 2.27 bits per heavy atom. The van der Waals surface area contributed by atoms with Gasteiger partial charge in [0, 0.05) is 17.2 Å². The van der Waals surface area contributed by atoms with Gasteiger partial charge in [-0.05, 0) is 38.3 Å². The molecule has 1 saturated heterocycles. The van der Waals surface area contributed by atoms with Gasteiger partial charge in [0.05, 0.1) is 24.0 Å². The van der Waals surface area contributed by atoms with Crippen molar-refractivity contribution in [3.8, 4) is 0 Å². The molecule has 4 nitrogen and oxygen atoms in total. The summed E-state index contributed by atoms with van der Waals surface area (Å²) in [5, 5.41) is -0.511. The van der Waals surface area contributed by atoms with Crippen LogP contribution in [-0.2, 0) is 25.1 Å². The van der Waals surface area contributed by atoms with Gasteiger partial charge in [-0.3, -0.25) is 9.00 Å². The molecule has 0 amide bonds. The monoisotopic (exact) mass is 322 g/mol. The first-order valence-electron chi connectivity index (χ1n) is 7.73. The van der Waals surface area contributed by atoms with Gasteiger partial charge < -0.3 is 9.47 Å². The molecule has 2 unspecified atom stereocenters. The Kier molecular flexibility index (Phi) is 4.48. The number of Topliss-reactive ketones (excluding diaryl/α,β-unsaturated/α-hetero) is 1. The molecule has 1 saturated carbocycles. The lowest BCUT2D eigenvalue weighted by Crippen LogP contribution is -2.35. The number of rotatable bonds is 3. The number of carbonyl (C=O) groups excluding carboxylic acids is 1. The van der Waals surface area contributed by atoms with E-state index < -0.39 is 16.0 Å². The summed E-state index contributed by atoms with van der Waals surface area (Å²) in [4.78, 5) is 13.1. The van der Waals surface area contributed by atoms with Crippen molar-refractivity contribution < 1.29 is 18.5 Å². The summed E-state index contributed by atoms with van der Waals surface area (Å²) in [6, 6.07) is 4.05. The summed E-state index contributed by atoms with van der Waals surface area (Å²) in [5.41, 5.74) is 3.12. The van der Waals surface area contributed by atoms with Crippen LogP contribution in [0, 0.1) is 26.7 Å². The summed E-state index contributed by atoms with van der Waals surface area (Å²) in [6.45, 7) is 7.06. The van der Waals surface area contributed by atoms with Crippen LogP contribution in [0.4, 0.5) is 0 Å². The number of carbonyl (C=O) groups is 1. The van der Waals surface area contributed by atoms with Crippen molar-refractivity contribution in [2.75, 3.05) is 13.2 Å². The molecular formula is C17H22O4S. The first-order chi connectivity index (χ1) is 10.5. The van der Waals surface area contributed by atoms with E-state index in [9.17, 15) is 9.00 Å². The Balaban J connectivity index is 1.94. The number of aryl methyl sites for hydroxylation is 3. The van der Waals surface area contributed by atoms with Crippen LogP contribution in [0.5, 0.6) is 0 Å². The van der Waals surface area contributed by atoms with Crippen LogP contribution in [-0.4, -0.2) is 34.7 Å². The second-order valence-corrected chi connectivity index (χ2v) is 7.74. The molecule has 1 aliphatic carbocycles. The molecule has 1 aromatic carbocycles. The lowest BCUT2D eigenvalue weighted by atomic mass is 10.1. The zero-order valence-corrected chi connectivity index (χ0v) is 14.1. The maximum absolute atomic E-state index is 13.2. The van der Waals surface area contributed by atoms with Crippen molar-refractivity contribution in [1.82, 2.24) is 0 Å². The predicted molar refractivity (Wildman–Crippen MR) is 84.3 cm³/mol. The fourth-order valence-electron chi connectivity index (χ4n) is 3.63. The summed E-state index contributed by atoms with van der Waals surface area (Å²) < 4.78 is 24.3. The zero-order valence-electron chi connectivity index (χ0n) is 13.3. The highest BCUT2D eigenvalue weighted by Gasteiger charge is 2.46. The van der Waals surface area contributed by atoms with E-state index in [0.717, 1.165) is 21.6 Å². The van der Waals surface area contributed by atoms with Crippen molar-refractivity contribution in [2.45, 2.75) is 50.0 Å². The number of benzene rings is 1. The van der Waals surface area contributed by atoms with Crippen molar-refractivity contribution in [1.29, 1.82) is 0 Å². The zero-order chi connectivity index (χ0) is 15.9. The Labute approximate surface area is 133 Å². The minimum atomic E-state index is -1.36. The maximum atomic E-state index is 13.2. The topological polar surface area (TPSA) is 52.6 Å². The van der Waals surface area contributed by atoms with Gasteiger partial charge in [0.15, 0.2) is 6.29 Å². The van der Waals surface area contributed by atoms with E-state index in [1.165, 1.54) is 0 Å². The minimum absolute atomic E-state index is 0.0711. The molecule has 1 aliphatic heterocycles. The maximum Gasteiger partial charge on any atom is 0.162 e. The average Bonchev–Trinajstić information content (AvgIpc) is 3.05. The highest BCUT2D eigenvalue weighted by Crippen LogP contribution is 2.36. The van der Waals surface area contributed by atoms with Crippen LogP contribution in [0.2, 0.25) is 0 Å². The quantitative estimate of drug-likeness (QED) is 0.858. The van der Waals surface area contributed by atoms with Gasteiger partial charge in [-0.25, -0.2) is 0 Å². The van der Waals surface area contributed by atoms with E-state index in [2.05, 4.69) is 0 Å². The molecule has 0 spiro atoms. The summed E-state index contributed by atoms with van der Waals surface area (Å²) in [7, 11) is -1.36. The third kappa shape index (κ3) is 2.77. The van der Waals surface area contributed by atoms with Crippen LogP contribution in [0.25, 0.3) is 0 Å². The van der Waals surface area contributed by atoms with Crippen molar-refractivity contribution in [2.24, 2.45) is 5.92 Å². The van der Waals surface area contributed by atoms with Gasteiger partial charge in [0.2, 0.25) is 0 Å². The third-order valence-corrected chi connectivity index (χ3v) is 6.58. The molecule has 0 radical (unpaired) electrons. The number of hydrogen-bond acceptors (Lipinski definition) is 4. The Morgan fingerprint density at radius 2 is 1.68 bits per heavy atom. The van der Waals surface area contributed by atoms with Crippen molar-refractivity contribution in [3.63, 3.8) is 0 Å². The largest absolute Gasteiger partial charge is 0.350 e. The smallest absolute Gasteiger partial charge is 0.162 e. The molecule has 2 fully saturated rings. The molecule has 0 aromatic heterocycles. The lowest BCUT2D eigenvalue weighted by molar-refractivity contribution is -0.119. The molecule has 3 atom stereocenters. The van der Waals surface area contributed by atoms with Crippen molar-refractivity contribution >= 4 is 16.6 Å². The molecule has 3 rings (SSSR count). The van der Waals surface area contributed by atoms with E-state index in [0.29, 0.717) is 26.1 Å². The summed E-state index contributed by atoms with van der Waals surface area (Å²) in [5.74, 6) is -0.0299. The van der Waals surface area contributed by atoms with Crippen LogP contribution in [0.1, 0.15) is 29.5 Å².